The summed E-state index contributed by atoms with van der Waals surface area (Å²) >= 11 is 0. The van der Waals surface area contributed by atoms with Gasteiger partial charge in [-0.3, -0.25) is 4.98 Å². The van der Waals surface area contributed by atoms with Crippen molar-refractivity contribution in [2.75, 3.05) is 37.3 Å². The van der Waals surface area contributed by atoms with E-state index >= 15 is 0 Å². The molecule has 2 aromatic heterocycles. The van der Waals surface area contributed by atoms with Gasteiger partial charge in [0.2, 0.25) is 0 Å². The van der Waals surface area contributed by atoms with Crippen molar-refractivity contribution in [2.45, 2.75) is 26.8 Å². The van der Waals surface area contributed by atoms with Gasteiger partial charge in [0, 0.05) is 42.8 Å². The number of nitrogens with two attached hydrogens (primary N) is 1. The molecular weight excluding hydrogens is 374 g/mol. The van der Waals surface area contributed by atoms with E-state index in [1.54, 1.807) is 12.4 Å². The van der Waals surface area contributed by atoms with E-state index < -0.39 is 0 Å². The average Bonchev–Trinajstić information content (AvgIpc) is 2.79. The summed E-state index contributed by atoms with van der Waals surface area (Å²) in [5.74, 6) is 1.37. The zero-order valence-corrected chi connectivity index (χ0v) is 17.8. The summed E-state index contributed by atoms with van der Waals surface area (Å²) in [5.41, 5.74) is 10.0. The highest BCUT2D eigenvalue weighted by Gasteiger charge is 2.09. The minimum absolute atomic E-state index is 0.488. The molecule has 3 aromatic rings. The number of anilines is 2. The summed E-state index contributed by atoms with van der Waals surface area (Å²) in [6.45, 7) is 8.67. The highest BCUT2D eigenvalue weighted by atomic mass is 16.5. The van der Waals surface area contributed by atoms with Crippen molar-refractivity contribution in [1.82, 2.24) is 14.9 Å². The summed E-state index contributed by atoms with van der Waals surface area (Å²) in [5, 5.41) is 3.39. The van der Waals surface area contributed by atoms with E-state index in [1.807, 2.05) is 30.5 Å². The summed E-state index contributed by atoms with van der Waals surface area (Å²) in [7, 11) is 0. The standard InChI is InChI=1S/C24H31N5O/c1-3-13-29(4-2)14-15-30-23-10-9-19(20-7-5-11-26-17-20)16-21(23)18-28-22-8-6-12-27-24(22)25/h5-12,16-17,28H,3-4,13-15,18H2,1-2H3,(H2,25,27). The molecule has 2 heterocycles. The topological polar surface area (TPSA) is 76.3 Å². The molecule has 158 valence electrons. The average molecular weight is 406 g/mol. The van der Waals surface area contributed by atoms with Crippen LogP contribution in [-0.4, -0.2) is 41.1 Å². The fraction of sp³-hybridized carbons (Fsp3) is 0.333. The van der Waals surface area contributed by atoms with Crippen molar-refractivity contribution in [2.24, 2.45) is 0 Å². The van der Waals surface area contributed by atoms with Crippen LogP contribution in [0.15, 0.2) is 61.1 Å². The summed E-state index contributed by atoms with van der Waals surface area (Å²) in [6.07, 6.45) is 6.49. The maximum Gasteiger partial charge on any atom is 0.146 e. The molecule has 0 fully saturated rings. The smallest absolute Gasteiger partial charge is 0.146 e. The van der Waals surface area contributed by atoms with Crippen LogP contribution in [-0.2, 0) is 6.54 Å². The van der Waals surface area contributed by atoms with Crippen LogP contribution in [0.25, 0.3) is 11.1 Å². The maximum absolute atomic E-state index is 6.18. The van der Waals surface area contributed by atoms with E-state index in [0.717, 1.165) is 54.2 Å². The first-order valence-corrected chi connectivity index (χ1v) is 10.5. The molecule has 30 heavy (non-hydrogen) atoms. The van der Waals surface area contributed by atoms with E-state index in [2.05, 4.69) is 52.2 Å². The minimum atomic E-state index is 0.488. The Hall–Kier alpha value is -3.12. The van der Waals surface area contributed by atoms with Crippen molar-refractivity contribution in [3.8, 4) is 16.9 Å². The number of nitrogen functional groups attached to an aromatic ring is 1. The molecule has 3 rings (SSSR count). The molecule has 0 bridgehead atoms. The van der Waals surface area contributed by atoms with Gasteiger partial charge in [-0.15, -0.1) is 0 Å². The van der Waals surface area contributed by atoms with E-state index in [-0.39, 0.29) is 0 Å². The molecular formula is C24H31N5O. The SMILES string of the molecule is CCCN(CC)CCOc1ccc(-c2cccnc2)cc1CNc1cccnc1N. The lowest BCUT2D eigenvalue weighted by Gasteiger charge is -2.20. The second-order valence-electron chi connectivity index (χ2n) is 7.14. The molecule has 0 saturated carbocycles. The molecule has 0 aliphatic rings. The van der Waals surface area contributed by atoms with Gasteiger partial charge in [0.25, 0.3) is 0 Å². The number of pyridine rings is 2. The number of benzene rings is 1. The first-order valence-electron chi connectivity index (χ1n) is 10.5. The molecule has 0 saturated heterocycles. The second-order valence-corrected chi connectivity index (χ2v) is 7.14. The number of hydrogen-bond acceptors (Lipinski definition) is 6. The van der Waals surface area contributed by atoms with Crippen molar-refractivity contribution in [3.63, 3.8) is 0 Å². The largest absolute Gasteiger partial charge is 0.492 e. The van der Waals surface area contributed by atoms with Crippen LogP contribution in [0.2, 0.25) is 0 Å². The van der Waals surface area contributed by atoms with E-state index in [1.165, 1.54) is 0 Å². The highest BCUT2D eigenvalue weighted by Crippen LogP contribution is 2.28. The molecule has 0 atom stereocenters. The Morgan fingerprint density at radius 3 is 2.63 bits per heavy atom. The first-order chi connectivity index (χ1) is 14.7. The fourth-order valence-corrected chi connectivity index (χ4v) is 3.36. The van der Waals surface area contributed by atoms with Crippen molar-refractivity contribution in [1.29, 1.82) is 0 Å². The van der Waals surface area contributed by atoms with Crippen molar-refractivity contribution in [3.05, 3.63) is 66.6 Å². The molecule has 0 radical (unpaired) electrons. The monoisotopic (exact) mass is 405 g/mol. The van der Waals surface area contributed by atoms with Crippen LogP contribution >= 0.6 is 0 Å². The molecule has 0 aliphatic heterocycles. The Kier molecular flexibility index (Phi) is 8.03. The zero-order chi connectivity index (χ0) is 21.2. The number of nitrogens with zero attached hydrogens (tertiary/aromatic N) is 3. The summed E-state index contributed by atoms with van der Waals surface area (Å²) < 4.78 is 6.18. The maximum atomic E-state index is 6.18. The van der Waals surface area contributed by atoms with Gasteiger partial charge in [0.1, 0.15) is 18.2 Å². The number of hydrogen-bond donors (Lipinski definition) is 2. The molecule has 1 aromatic carbocycles. The van der Waals surface area contributed by atoms with Crippen LogP contribution in [0.5, 0.6) is 5.75 Å². The van der Waals surface area contributed by atoms with Crippen LogP contribution in [0.1, 0.15) is 25.8 Å². The quantitative estimate of drug-likeness (QED) is 0.491. The fourth-order valence-electron chi connectivity index (χ4n) is 3.36. The van der Waals surface area contributed by atoms with Gasteiger partial charge in [-0.2, -0.15) is 0 Å². The van der Waals surface area contributed by atoms with Crippen LogP contribution in [0, 0.1) is 0 Å². The van der Waals surface area contributed by atoms with Crippen LogP contribution in [0.3, 0.4) is 0 Å². The third-order valence-electron chi connectivity index (χ3n) is 5.02. The Balaban J connectivity index is 1.77. The van der Waals surface area contributed by atoms with Gasteiger partial charge in [0.05, 0.1) is 5.69 Å². The molecule has 6 nitrogen and oxygen atoms in total. The summed E-state index contributed by atoms with van der Waals surface area (Å²) in [6, 6.07) is 14.1. The van der Waals surface area contributed by atoms with Gasteiger partial charge in [-0.25, -0.2) is 4.98 Å². The van der Waals surface area contributed by atoms with Crippen LogP contribution in [0.4, 0.5) is 11.5 Å². The Labute approximate surface area is 179 Å². The lowest BCUT2D eigenvalue weighted by atomic mass is 10.0. The predicted octanol–water partition coefficient (Wildman–Crippen LogP) is 4.45. The van der Waals surface area contributed by atoms with E-state index in [0.29, 0.717) is 19.0 Å². The van der Waals surface area contributed by atoms with Gasteiger partial charge in [-0.05, 0) is 55.4 Å². The lowest BCUT2D eigenvalue weighted by molar-refractivity contribution is 0.215. The number of aromatic nitrogens is 2. The molecule has 0 aliphatic carbocycles. The van der Waals surface area contributed by atoms with E-state index in [9.17, 15) is 0 Å². The Bertz CT molecular complexity index is 916. The van der Waals surface area contributed by atoms with Gasteiger partial charge in [0.15, 0.2) is 0 Å². The number of nitrogens with one attached hydrogen (secondary N) is 1. The third-order valence-corrected chi connectivity index (χ3v) is 5.02. The van der Waals surface area contributed by atoms with Crippen molar-refractivity contribution >= 4 is 11.5 Å². The third kappa shape index (κ3) is 5.94. The Morgan fingerprint density at radius 2 is 1.90 bits per heavy atom. The molecule has 0 spiro atoms. The van der Waals surface area contributed by atoms with Gasteiger partial charge >= 0.3 is 0 Å². The lowest BCUT2D eigenvalue weighted by Crippen LogP contribution is -2.29. The molecule has 6 heteroatoms. The van der Waals surface area contributed by atoms with Gasteiger partial charge in [-0.1, -0.05) is 26.0 Å². The normalized spacial score (nSPS) is 10.9. The Morgan fingerprint density at radius 1 is 1.03 bits per heavy atom. The molecule has 0 unspecified atom stereocenters. The minimum Gasteiger partial charge on any atom is -0.492 e. The van der Waals surface area contributed by atoms with E-state index in [4.69, 9.17) is 10.5 Å². The number of ether oxygens (including phenoxy) is 1. The van der Waals surface area contributed by atoms with Crippen LogP contribution < -0.4 is 15.8 Å². The predicted molar refractivity (Wildman–Crippen MR) is 124 cm³/mol. The number of likely N-dealkylation sites (N-methyl/N-ethyl adjacent to an activating group) is 1. The second kappa shape index (κ2) is 11.2. The highest BCUT2D eigenvalue weighted by molar-refractivity contribution is 5.66. The van der Waals surface area contributed by atoms with Gasteiger partial charge < -0.3 is 20.7 Å². The first kappa shape index (κ1) is 21.6. The number of rotatable bonds is 11. The zero-order valence-electron chi connectivity index (χ0n) is 17.8. The van der Waals surface area contributed by atoms with Crippen molar-refractivity contribution < 1.29 is 4.74 Å². The molecule has 0 amide bonds. The summed E-state index contributed by atoms with van der Waals surface area (Å²) in [4.78, 5) is 10.8. The molecule has 3 N–H and O–H groups in total.